The van der Waals surface area contributed by atoms with Crippen LogP contribution < -0.4 is 5.32 Å². The molecule has 114 valence electrons. The highest BCUT2D eigenvalue weighted by Crippen LogP contribution is 2.29. The Kier molecular flexibility index (Phi) is 3.75. The second kappa shape index (κ2) is 5.71. The highest BCUT2D eigenvalue weighted by molar-refractivity contribution is 5.98. The maximum absolute atomic E-state index is 12.3. The van der Waals surface area contributed by atoms with E-state index in [1.54, 1.807) is 23.1 Å². The first-order valence-electron chi connectivity index (χ1n) is 7.38. The lowest BCUT2D eigenvalue weighted by atomic mass is 9.99. The molecule has 0 fully saturated rings. The molecule has 3 heterocycles. The van der Waals surface area contributed by atoms with E-state index in [2.05, 4.69) is 15.4 Å². The normalized spacial score (nSPS) is 18.9. The van der Waals surface area contributed by atoms with Gasteiger partial charge in [0.2, 0.25) is 5.91 Å². The van der Waals surface area contributed by atoms with Crippen molar-refractivity contribution in [3.05, 3.63) is 30.2 Å². The number of rotatable bonds is 0. The number of fused-ring (bicyclic) bond motifs is 4. The zero-order valence-electron chi connectivity index (χ0n) is 12.7. The van der Waals surface area contributed by atoms with Crippen LogP contribution in [0.5, 0.6) is 0 Å². The molecule has 0 saturated heterocycles. The summed E-state index contributed by atoms with van der Waals surface area (Å²) in [6.07, 6.45) is 5.02. The van der Waals surface area contributed by atoms with Crippen LogP contribution in [-0.2, 0) is 11.8 Å². The molecule has 2 aromatic heterocycles. The number of pyridine rings is 1. The third kappa shape index (κ3) is 2.64. The number of carbonyl (C=O) groups excluding carboxylic acids is 2. The molecule has 0 unspecified atom stereocenters. The quantitative estimate of drug-likeness (QED) is 0.810. The van der Waals surface area contributed by atoms with Crippen molar-refractivity contribution in [2.75, 3.05) is 5.32 Å². The highest BCUT2D eigenvalue weighted by atomic mass is 16.2. The Morgan fingerprint density at radius 1 is 1.36 bits per heavy atom. The van der Waals surface area contributed by atoms with Gasteiger partial charge >= 0.3 is 0 Å². The third-order valence-corrected chi connectivity index (χ3v) is 4.00. The van der Waals surface area contributed by atoms with Crippen LogP contribution >= 0.6 is 0 Å². The van der Waals surface area contributed by atoms with E-state index in [1.165, 1.54) is 0 Å². The summed E-state index contributed by atoms with van der Waals surface area (Å²) in [5.41, 5.74) is 2.72. The molecule has 0 saturated carbocycles. The molecule has 2 bridgehead atoms. The van der Waals surface area contributed by atoms with Gasteiger partial charge in [-0.3, -0.25) is 19.3 Å². The second-order valence-electron chi connectivity index (χ2n) is 5.67. The van der Waals surface area contributed by atoms with Crippen molar-refractivity contribution in [3.8, 4) is 11.3 Å². The van der Waals surface area contributed by atoms with Crippen LogP contribution in [0.4, 0.5) is 5.69 Å². The Balaban J connectivity index is 2.12. The van der Waals surface area contributed by atoms with Gasteiger partial charge in [-0.05, 0) is 25.0 Å². The minimum atomic E-state index is -0.147. The number of hydrogen-bond donors (Lipinski definition) is 1. The fraction of sp³-hybridized carbons (Fsp3) is 0.375. The maximum atomic E-state index is 12.3. The van der Waals surface area contributed by atoms with Crippen LogP contribution in [0.15, 0.2) is 24.5 Å². The number of Topliss-reactive ketones (excluding diaryl/α,β-unsaturated/α-hetero) is 1. The van der Waals surface area contributed by atoms with Crippen molar-refractivity contribution in [1.82, 2.24) is 14.8 Å². The fourth-order valence-electron chi connectivity index (χ4n) is 2.69. The number of aromatic nitrogens is 3. The van der Waals surface area contributed by atoms with Gasteiger partial charge in [0.05, 0.1) is 17.6 Å². The lowest BCUT2D eigenvalue weighted by Crippen LogP contribution is -2.21. The molecule has 1 aliphatic rings. The van der Waals surface area contributed by atoms with E-state index in [4.69, 9.17) is 0 Å². The summed E-state index contributed by atoms with van der Waals surface area (Å²) in [4.78, 5) is 28.7. The Labute approximate surface area is 128 Å². The van der Waals surface area contributed by atoms with E-state index in [1.807, 2.05) is 20.0 Å². The standard InChI is InChI=1S/C16H18N4O2/c1-10-4-3-5-14(21)12-8-11(6-7-17-12)15-13(19-16(10)22)9-18-20(15)2/h6-10H,3-5H2,1-2H3,(H,19,22)/t10-/m1/s1. The van der Waals surface area contributed by atoms with Crippen molar-refractivity contribution in [2.45, 2.75) is 26.2 Å². The van der Waals surface area contributed by atoms with Crippen molar-refractivity contribution >= 4 is 17.4 Å². The molecule has 2 aromatic rings. The molecule has 0 aliphatic carbocycles. The van der Waals surface area contributed by atoms with Crippen molar-refractivity contribution in [2.24, 2.45) is 13.0 Å². The molecule has 6 heteroatoms. The third-order valence-electron chi connectivity index (χ3n) is 4.00. The first kappa shape index (κ1) is 14.4. The number of hydrogen-bond acceptors (Lipinski definition) is 4. The average molecular weight is 298 g/mol. The van der Waals surface area contributed by atoms with Crippen LogP contribution in [0.25, 0.3) is 11.3 Å². The number of amides is 1. The van der Waals surface area contributed by atoms with Crippen LogP contribution in [0.3, 0.4) is 0 Å². The number of carbonyl (C=O) groups is 2. The largest absolute Gasteiger partial charge is 0.323 e. The lowest BCUT2D eigenvalue weighted by molar-refractivity contribution is -0.119. The van der Waals surface area contributed by atoms with E-state index in [9.17, 15) is 9.59 Å². The predicted octanol–water partition coefficient (Wildman–Crippen LogP) is 2.42. The Morgan fingerprint density at radius 3 is 3.00 bits per heavy atom. The van der Waals surface area contributed by atoms with Gasteiger partial charge in [0.1, 0.15) is 5.69 Å². The molecule has 22 heavy (non-hydrogen) atoms. The highest BCUT2D eigenvalue weighted by Gasteiger charge is 2.20. The topological polar surface area (TPSA) is 76.9 Å². The van der Waals surface area contributed by atoms with Gasteiger partial charge in [-0.25, -0.2) is 0 Å². The van der Waals surface area contributed by atoms with Gasteiger partial charge in [-0.2, -0.15) is 5.10 Å². The number of nitrogens with zero attached hydrogens (tertiary/aromatic N) is 3. The molecule has 6 nitrogen and oxygen atoms in total. The van der Waals surface area contributed by atoms with Gasteiger partial charge in [0.15, 0.2) is 5.78 Å². The van der Waals surface area contributed by atoms with Gasteiger partial charge in [-0.15, -0.1) is 0 Å². The molecule has 3 rings (SSSR count). The molecule has 1 atom stereocenters. The Bertz CT molecular complexity index is 735. The van der Waals surface area contributed by atoms with E-state index in [-0.39, 0.29) is 17.6 Å². The van der Waals surface area contributed by atoms with Crippen LogP contribution in [-0.4, -0.2) is 26.5 Å². The summed E-state index contributed by atoms with van der Waals surface area (Å²) in [6.45, 7) is 1.87. The fourth-order valence-corrected chi connectivity index (χ4v) is 2.69. The van der Waals surface area contributed by atoms with E-state index in [0.29, 0.717) is 30.6 Å². The van der Waals surface area contributed by atoms with Crippen molar-refractivity contribution in [3.63, 3.8) is 0 Å². The molecule has 0 aromatic carbocycles. The van der Waals surface area contributed by atoms with Crippen LogP contribution in [0, 0.1) is 5.92 Å². The number of aryl methyl sites for hydroxylation is 1. The van der Waals surface area contributed by atoms with Gasteiger partial charge in [0.25, 0.3) is 0 Å². The van der Waals surface area contributed by atoms with Crippen molar-refractivity contribution < 1.29 is 9.59 Å². The average Bonchev–Trinajstić information content (AvgIpc) is 2.87. The minimum Gasteiger partial charge on any atom is -0.323 e. The second-order valence-corrected chi connectivity index (χ2v) is 5.67. The number of nitrogens with one attached hydrogen (secondary N) is 1. The molecule has 1 aliphatic heterocycles. The van der Waals surface area contributed by atoms with E-state index < -0.39 is 0 Å². The van der Waals surface area contributed by atoms with E-state index >= 15 is 0 Å². The monoisotopic (exact) mass is 298 g/mol. The Morgan fingerprint density at radius 2 is 2.18 bits per heavy atom. The summed E-state index contributed by atoms with van der Waals surface area (Å²) < 4.78 is 1.69. The number of ketones is 1. The summed E-state index contributed by atoms with van der Waals surface area (Å²) >= 11 is 0. The molecule has 1 amide bonds. The molecule has 0 radical (unpaired) electrons. The molecule has 1 N–H and O–H groups in total. The minimum absolute atomic E-state index is 0.0127. The molecule has 0 spiro atoms. The smallest absolute Gasteiger partial charge is 0.227 e. The summed E-state index contributed by atoms with van der Waals surface area (Å²) in [5, 5.41) is 7.16. The van der Waals surface area contributed by atoms with Gasteiger partial charge in [-0.1, -0.05) is 6.92 Å². The molecular formula is C16H18N4O2. The number of anilines is 1. The van der Waals surface area contributed by atoms with Gasteiger partial charge in [0, 0.05) is 31.1 Å². The zero-order chi connectivity index (χ0) is 15.7. The van der Waals surface area contributed by atoms with Crippen molar-refractivity contribution in [1.29, 1.82) is 0 Å². The zero-order valence-corrected chi connectivity index (χ0v) is 12.7. The summed E-state index contributed by atoms with van der Waals surface area (Å²) in [7, 11) is 1.81. The maximum Gasteiger partial charge on any atom is 0.227 e. The molecular weight excluding hydrogens is 280 g/mol. The SMILES string of the molecule is C[C@@H]1CCCC(=O)c2cc(ccn2)-c2c(cnn2C)NC1=O. The first-order chi connectivity index (χ1) is 10.6. The Hall–Kier alpha value is -2.50. The van der Waals surface area contributed by atoms with E-state index in [0.717, 1.165) is 11.3 Å². The van der Waals surface area contributed by atoms with Crippen LogP contribution in [0.2, 0.25) is 0 Å². The summed E-state index contributed by atoms with van der Waals surface area (Å²) in [6, 6.07) is 3.58. The van der Waals surface area contributed by atoms with Gasteiger partial charge < -0.3 is 5.32 Å². The lowest BCUT2D eigenvalue weighted by Gasteiger charge is -2.14. The summed E-state index contributed by atoms with van der Waals surface area (Å²) in [5.74, 6) is -0.179. The van der Waals surface area contributed by atoms with Crippen LogP contribution in [0.1, 0.15) is 36.7 Å². The first-order valence-corrected chi connectivity index (χ1v) is 7.38. The predicted molar refractivity (Wildman–Crippen MR) is 82.4 cm³/mol.